The maximum absolute atomic E-state index is 6.02. The standard InChI is InChI=1S/C13H17BrO3/c1-13(2)7-9(14)8-5-6-10(15-3)12(16-4)11(8)17-13/h5-6,9H,7H2,1-4H3. The molecule has 1 aliphatic heterocycles. The van der Waals surface area contributed by atoms with Crippen LogP contribution < -0.4 is 14.2 Å². The minimum Gasteiger partial charge on any atom is -0.493 e. The van der Waals surface area contributed by atoms with Crippen molar-refractivity contribution in [2.45, 2.75) is 30.7 Å². The highest BCUT2D eigenvalue weighted by Gasteiger charge is 2.35. The van der Waals surface area contributed by atoms with Crippen LogP contribution in [0.3, 0.4) is 0 Å². The summed E-state index contributed by atoms with van der Waals surface area (Å²) in [6, 6.07) is 3.93. The van der Waals surface area contributed by atoms with E-state index in [1.165, 1.54) is 0 Å². The van der Waals surface area contributed by atoms with Crippen molar-refractivity contribution in [3.05, 3.63) is 17.7 Å². The molecule has 0 saturated heterocycles. The van der Waals surface area contributed by atoms with Crippen molar-refractivity contribution in [3.63, 3.8) is 0 Å². The second-order valence-electron chi connectivity index (χ2n) is 4.75. The number of rotatable bonds is 2. The lowest BCUT2D eigenvalue weighted by atomic mass is 9.94. The Morgan fingerprint density at radius 2 is 2.00 bits per heavy atom. The quantitative estimate of drug-likeness (QED) is 0.780. The first-order valence-electron chi connectivity index (χ1n) is 5.56. The number of fused-ring (bicyclic) bond motifs is 1. The molecule has 3 nitrogen and oxygen atoms in total. The number of hydrogen-bond donors (Lipinski definition) is 0. The van der Waals surface area contributed by atoms with E-state index in [0.29, 0.717) is 11.5 Å². The molecule has 0 fully saturated rings. The molecule has 1 aliphatic rings. The Morgan fingerprint density at radius 3 is 2.59 bits per heavy atom. The van der Waals surface area contributed by atoms with Gasteiger partial charge in [-0.3, -0.25) is 0 Å². The van der Waals surface area contributed by atoms with E-state index in [9.17, 15) is 0 Å². The van der Waals surface area contributed by atoms with Gasteiger partial charge in [-0.15, -0.1) is 0 Å². The normalized spacial score (nSPS) is 21.4. The molecule has 0 N–H and O–H groups in total. The van der Waals surface area contributed by atoms with Gasteiger partial charge in [0.1, 0.15) is 5.60 Å². The minimum absolute atomic E-state index is 0.208. The van der Waals surface area contributed by atoms with Crippen LogP contribution in [0.25, 0.3) is 0 Å². The largest absolute Gasteiger partial charge is 0.493 e. The number of benzene rings is 1. The summed E-state index contributed by atoms with van der Waals surface area (Å²) >= 11 is 3.70. The predicted molar refractivity (Wildman–Crippen MR) is 70.5 cm³/mol. The second kappa shape index (κ2) is 4.41. The topological polar surface area (TPSA) is 27.7 Å². The summed E-state index contributed by atoms with van der Waals surface area (Å²) in [5, 5.41) is 0. The lowest BCUT2D eigenvalue weighted by molar-refractivity contribution is 0.0793. The Kier molecular flexibility index (Phi) is 3.25. The molecule has 4 heteroatoms. The molecule has 0 bridgehead atoms. The molecule has 0 amide bonds. The van der Waals surface area contributed by atoms with Gasteiger partial charge in [-0.05, 0) is 19.9 Å². The van der Waals surface area contributed by atoms with Crippen LogP contribution >= 0.6 is 15.9 Å². The van der Waals surface area contributed by atoms with Gasteiger partial charge in [-0.1, -0.05) is 22.0 Å². The number of methoxy groups -OCH3 is 2. The van der Waals surface area contributed by atoms with Crippen molar-refractivity contribution >= 4 is 15.9 Å². The van der Waals surface area contributed by atoms with Gasteiger partial charge in [0.2, 0.25) is 5.75 Å². The van der Waals surface area contributed by atoms with Crippen LogP contribution in [0.4, 0.5) is 0 Å². The molecule has 0 aromatic heterocycles. The second-order valence-corrected chi connectivity index (χ2v) is 5.86. The summed E-state index contributed by atoms with van der Waals surface area (Å²) < 4.78 is 16.7. The number of ether oxygens (including phenoxy) is 3. The van der Waals surface area contributed by atoms with E-state index in [0.717, 1.165) is 17.7 Å². The Labute approximate surface area is 110 Å². The maximum Gasteiger partial charge on any atom is 0.203 e. The average molecular weight is 301 g/mol. The molecule has 1 aromatic carbocycles. The van der Waals surface area contributed by atoms with E-state index >= 15 is 0 Å². The molecule has 1 atom stereocenters. The summed E-state index contributed by atoms with van der Waals surface area (Å²) in [6.07, 6.45) is 0.926. The SMILES string of the molecule is COc1ccc2c(c1OC)OC(C)(C)CC2Br. The van der Waals surface area contributed by atoms with Gasteiger partial charge in [0.25, 0.3) is 0 Å². The highest BCUT2D eigenvalue weighted by molar-refractivity contribution is 9.09. The van der Waals surface area contributed by atoms with Crippen LogP contribution in [0.1, 0.15) is 30.7 Å². The molecule has 0 radical (unpaired) electrons. The maximum atomic E-state index is 6.02. The van der Waals surface area contributed by atoms with Gasteiger partial charge >= 0.3 is 0 Å². The first kappa shape index (κ1) is 12.6. The summed E-state index contributed by atoms with van der Waals surface area (Å²) in [5.41, 5.74) is 0.905. The van der Waals surface area contributed by atoms with Gasteiger partial charge in [0, 0.05) is 16.8 Å². The Morgan fingerprint density at radius 1 is 1.29 bits per heavy atom. The first-order valence-corrected chi connectivity index (χ1v) is 6.48. The summed E-state index contributed by atoms with van der Waals surface area (Å²) in [4.78, 5) is 0.279. The molecule has 2 rings (SSSR count). The lowest BCUT2D eigenvalue weighted by Crippen LogP contribution is -2.33. The smallest absolute Gasteiger partial charge is 0.203 e. The zero-order valence-corrected chi connectivity index (χ0v) is 12.1. The third kappa shape index (κ3) is 2.23. The van der Waals surface area contributed by atoms with Gasteiger partial charge in [-0.25, -0.2) is 0 Å². The molecule has 0 saturated carbocycles. The Balaban J connectivity index is 2.56. The van der Waals surface area contributed by atoms with E-state index in [4.69, 9.17) is 14.2 Å². The van der Waals surface area contributed by atoms with Crippen molar-refractivity contribution in [2.24, 2.45) is 0 Å². The molecule has 17 heavy (non-hydrogen) atoms. The fraction of sp³-hybridized carbons (Fsp3) is 0.538. The molecule has 1 aromatic rings. The fourth-order valence-corrected chi connectivity index (χ4v) is 3.27. The molecular weight excluding hydrogens is 284 g/mol. The van der Waals surface area contributed by atoms with Crippen molar-refractivity contribution in [2.75, 3.05) is 14.2 Å². The van der Waals surface area contributed by atoms with Crippen LogP contribution in [0.2, 0.25) is 0 Å². The van der Waals surface area contributed by atoms with Crippen LogP contribution in [-0.2, 0) is 0 Å². The molecule has 1 unspecified atom stereocenters. The summed E-state index contributed by atoms with van der Waals surface area (Å²) in [5.74, 6) is 2.15. The zero-order valence-electron chi connectivity index (χ0n) is 10.5. The van der Waals surface area contributed by atoms with E-state index in [-0.39, 0.29) is 10.4 Å². The Bertz CT molecular complexity index is 429. The predicted octanol–water partition coefficient (Wildman–Crippen LogP) is 3.70. The van der Waals surface area contributed by atoms with E-state index in [1.54, 1.807) is 14.2 Å². The molecular formula is C13H17BrO3. The first-order chi connectivity index (χ1) is 7.98. The monoisotopic (exact) mass is 300 g/mol. The van der Waals surface area contributed by atoms with E-state index in [1.807, 2.05) is 12.1 Å². The van der Waals surface area contributed by atoms with Gasteiger partial charge in [0.15, 0.2) is 11.5 Å². The van der Waals surface area contributed by atoms with Crippen molar-refractivity contribution in [1.82, 2.24) is 0 Å². The van der Waals surface area contributed by atoms with Gasteiger partial charge in [-0.2, -0.15) is 0 Å². The number of alkyl halides is 1. The van der Waals surface area contributed by atoms with Crippen LogP contribution in [-0.4, -0.2) is 19.8 Å². The third-order valence-corrected chi connectivity index (χ3v) is 3.73. The van der Waals surface area contributed by atoms with E-state index < -0.39 is 0 Å². The zero-order chi connectivity index (χ0) is 12.6. The molecule has 1 heterocycles. The van der Waals surface area contributed by atoms with Crippen LogP contribution in [0.15, 0.2) is 12.1 Å². The summed E-state index contributed by atoms with van der Waals surface area (Å²) in [7, 11) is 3.26. The summed E-state index contributed by atoms with van der Waals surface area (Å²) in [6.45, 7) is 4.15. The van der Waals surface area contributed by atoms with Crippen LogP contribution in [0.5, 0.6) is 17.2 Å². The van der Waals surface area contributed by atoms with Gasteiger partial charge in [0.05, 0.1) is 14.2 Å². The van der Waals surface area contributed by atoms with Crippen molar-refractivity contribution in [3.8, 4) is 17.2 Å². The third-order valence-electron chi connectivity index (χ3n) is 2.92. The fourth-order valence-electron chi connectivity index (χ4n) is 2.13. The highest BCUT2D eigenvalue weighted by atomic mass is 79.9. The number of halogens is 1. The lowest BCUT2D eigenvalue weighted by Gasteiger charge is -2.36. The van der Waals surface area contributed by atoms with Crippen molar-refractivity contribution < 1.29 is 14.2 Å². The molecule has 0 aliphatic carbocycles. The molecule has 94 valence electrons. The van der Waals surface area contributed by atoms with E-state index in [2.05, 4.69) is 29.8 Å². The molecule has 0 spiro atoms. The highest BCUT2D eigenvalue weighted by Crippen LogP contribution is 2.51. The number of hydrogen-bond acceptors (Lipinski definition) is 3. The van der Waals surface area contributed by atoms with Crippen molar-refractivity contribution in [1.29, 1.82) is 0 Å². The Hall–Kier alpha value is -0.900. The minimum atomic E-state index is -0.208. The van der Waals surface area contributed by atoms with Gasteiger partial charge < -0.3 is 14.2 Å². The average Bonchev–Trinajstić information content (AvgIpc) is 2.25. The van der Waals surface area contributed by atoms with Crippen LogP contribution in [0, 0.1) is 0 Å².